The molecule has 0 saturated carbocycles. The molecule has 0 N–H and O–H groups in total. The fourth-order valence-corrected chi connectivity index (χ4v) is 0.566. The molecule has 1 atom stereocenters. The molecule has 0 aliphatic heterocycles. The van der Waals surface area contributed by atoms with E-state index >= 15 is 0 Å². The molecule has 0 aliphatic carbocycles. The molecule has 0 amide bonds. The molecule has 0 saturated heterocycles. The average Bonchev–Trinajstić information content (AvgIpc) is 1.63. The van der Waals surface area contributed by atoms with Gasteiger partial charge < -0.3 is 4.74 Å². The van der Waals surface area contributed by atoms with E-state index in [1.54, 1.807) is 0 Å². The number of hydrogen-bond donors (Lipinski definition) is 0. The molecule has 0 fully saturated rings. The van der Waals surface area contributed by atoms with Crippen LogP contribution >= 0.6 is 12.6 Å². The summed E-state index contributed by atoms with van der Waals surface area (Å²) < 4.78 is 5.17. The Bertz CT molecular complexity index is 53.9. The lowest BCUT2D eigenvalue weighted by atomic mass is 10.1. The van der Waals surface area contributed by atoms with Gasteiger partial charge in [-0.2, -0.15) is 0 Å². The Kier molecular flexibility index (Phi) is 5.30. The molecule has 0 aromatic carbocycles. The summed E-state index contributed by atoms with van der Waals surface area (Å²) in [5.74, 6) is 0.721. The van der Waals surface area contributed by atoms with Gasteiger partial charge >= 0.3 is 0 Å². The monoisotopic (exact) mass is 147 g/mol. The molecule has 1 unspecified atom stereocenters. The average molecular weight is 147 g/mol. The standard InChI is InChI=1S/C7H15OS/c1-6(2)4-5-8-7(3)9/h6-7H,4-5H2,1-3H3. The van der Waals surface area contributed by atoms with Crippen molar-refractivity contribution in [1.29, 1.82) is 0 Å². The van der Waals surface area contributed by atoms with Gasteiger partial charge in [0.25, 0.3) is 0 Å². The van der Waals surface area contributed by atoms with E-state index in [4.69, 9.17) is 17.4 Å². The fourth-order valence-electron chi connectivity index (χ4n) is 0.470. The van der Waals surface area contributed by atoms with E-state index in [0.717, 1.165) is 18.9 Å². The van der Waals surface area contributed by atoms with Crippen LogP contribution in [0.3, 0.4) is 0 Å². The van der Waals surface area contributed by atoms with Gasteiger partial charge in [0.15, 0.2) is 0 Å². The van der Waals surface area contributed by atoms with E-state index in [9.17, 15) is 0 Å². The van der Waals surface area contributed by atoms with Crippen molar-refractivity contribution < 1.29 is 4.74 Å². The minimum Gasteiger partial charge on any atom is -0.367 e. The summed E-state index contributed by atoms with van der Waals surface area (Å²) in [7, 11) is 0. The van der Waals surface area contributed by atoms with Crippen LogP contribution in [0.15, 0.2) is 0 Å². The molecule has 0 bridgehead atoms. The predicted octanol–water partition coefficient (Wildman–Crippen LogP) is 2.59. The maximum Gasteiger partial charge on any atom is 0.110 e. The van der Waals surface area contributed by atoms with Gasteiger partial charge in [-0.1, -0.05) is 26.5 Å². The first-order valence-electron chi connectivity index (χ1n) is 3.40. The van der Waals surface area contributed by atoms with Crippen LogP contribution in [0.25, 0.3) is 0 Å². The molecule has 0 aromatic rings. The number of ether oxygens (including phenoxy) is 1. The fraction of sp³-hybridized carbons (Fsp3) is 1.00. The van der Waals surface area contributed by atoms with Crippen molar-refractivity contribution in [3.8, 4) is 0 Å². The highest BCUT2D eigenvalue weighted by Crippen LogP contribution is 2.02. The molecule has 0 aliphatic rings. The van der Waals surface area contributed by atoms with Crippen LogP contribution < -0.4 is 0 Å². The first kappa shape index (κ1) is 9.31. The van der Waals surface area contributed by atoms with Crippen LogP contribution in [0, 0.1) is 5.92 Å². The minimum absolute atomic E-state index is 0.0243. The highest BCUT2D eigenvalue weighted by Gasteiger charge is 1.96. The summed E-state index contributed by atoms with van der Waals surface area (Å²) in [5.41, 5.74) is -0.0243. The topological polar surface area (TPSA) is 9.23 Å². The van der Waals surface area contributed by atoms with E-state index < -0.39 is 0 Å². The van der Waals surface area contributed by atoms with Crippen LogP contribution in [0.5, 0.6) is 0 Å². The molecule has 0 aromatic heterocycles. The second-order valence-electron chi connectivity index (χ2n) is 2.62. The van der Waals surface area contributed by atoms with Crippen molar-refractivity contribution in [2.75, 3.05) is 6.61 Å². The van der Waals surface area contributed by atoms with Crippen LogP contribution in [0.4, 0.5) is 0 Å². The van der Waals surface area contributed by atoms with Crippen molar-refractivity contribution in [3.63, 3.8) is 0 Å². The summed E-state index contributed by atoms with van der Waals surface area (Å²) in [6, 6.07) is 0. The maximum absolute atomic E-state index is 5.17. The lowest BCUT2D eigenvalue weighted by Gasteiger charge is -2.06. The first-order valence-corrected chi connectivity index (χ1v) is 3.87. The van der Waals surface area contributed by atoms with Gasteiger partial charge in [-0.3, -0.25) is 0 Å². The van der Waals surface area contributed by atoms with E-state index in [1.165, 1.54) is 0 Å². The van der Waals surface area contributed by atoms with Crippen LogP contribution in [0.1, 0.15) is 27.2 Å². The van der Waals surface area contributed by atoms with Crippen molar-refractivity contribution in [2.45, 2.75) is 32.6 Å². The molecule has 1 nitrogen and oxygen atoms in total. The largest absolute Gasteiger partial charge is 0.367 e. The lowest BCUT2D eigenvalue weighted by Crippen LogP contribution is -2.03. The third-order valence-corrected chi connectivity index (χ3v) is 1.18. The Balaban J connectivity index is 2.91. The predicted molar refractivity (Wildman–Crippen MR) is 42.5 cm³/mol. The minimum atomic E-state index is -0.0243. The van der Waals surface area contributed by atoms with E-state index in [0.29, 0.717) is 0 Å². The Morgan fingerprint density at radius 2 is 1.89 bits per heavy atom. The molecule has 2 heteroatoms. The van der Waals surface area contributed by atoms with Crippen molar-refractivity contribution in [3.05, 3.63) is 0 Å². The van der Waals surface area contributed by atoms with E-state index in [2.05, 4.69) is 13.8 Å². The van der Waals surface area contributed by atoms with Crippen molar-refractivity contribution in [1.82, 2.24) is 0 Å². The molecule has 55 valence electrons. The van der Waals surface area contributed by atoms with E-state index in [-0.39, 0.29) is 5.44 Å². The first-order chi connectivity index (χ1) is 4.13. The Hall–Kier alpha value is 0.310. The Morgan fingerprint density at radius 3 is 2.22 bits per heavy atom. The summed E-state index contributed by atoms with van der Waals surface area (Å²) in [4.78, 5) is 0. The van der Waals surface area contributed by atoms with Gasteiger partial charge in [0.05, 0.1) is 0 Å². The van der Waals surface area contributed by atoms with Crippen molar-refractivity contribution >= 4 is 12.6 Å². The molecular formula is C7H15OS. The van der Waals surface area contributed by atoms with Crippen molar-refractivity contribution in [2.24, 2.45) is 5.92 Å². The molecular weight excluding hydrogens is 132 g/mol. The second-order valence-corrected chi connectivity index (χ2v) is 3.28. The maximum atomic E-state index is 5.17. The quantitative estimate of drug-likeness (QED) is 0.594. The Morgan fingerprint density at radius 1 is 1.33 bits per heavy atom. The third kappa shape index (κ3) is 8.31. The molecule has 0 heterocycles. The second kappa shape index (κ2) is 5.12. The SMILES string of the molecule is CC(C)CCOC(C)[S]. The summed E-state index contributed by atoms with van der Waals surface area (Å²) in [6.45, 7) is 7.05. The smallest absolute Gasteiger partial charge is 0.110 e. The normalized spacial score (nSPS) is 14.3. The number of hydrogen-bond acceptors (Lipinski definition) is 1. The highest BCUT2D eigenvalue weighted by atomic mass is 32.1. The number of rotatable bonds is 4. The summed E-state index contributed by atoms with van der Waals surface area (Å²) in [6.07, 6.45) is 1.11. The third-order valence-electron chi connectivity index (χ3n) is 1.05. The zero-order valence-electron chi connectivity index (χ0n) is 6.39. The van der Waals surface area contributed by atoms with Gasteiger partial charge in [0, 0.05) is 6.61 Å². The van der Waals surface area contributed by atoms with Gasteiger partial charge in [-0.15, -0.1) is 0 Å². The molecule has 1 radical (unpaired) electrons. The van der Waals surface area contributed by atoms with Gasteiger partial charge in [-0.25, -0.2) is 0 Å². The lowest BCUT2D eigenvalue weighted by molar-refractivity contribution is 0.115. The van der Waals surface area contributed by atoms with Gasteiger partial charge in [-0.05, 0) is 19.3 Å². The zero-order chi connectivity index (χ0) is 7.28. The summed E-state index contributed by atoms with van der Waals surface area (Å²) >= 11 is 4.81. The highest BCUT2D eigenvalue weighted by molar-refractivity contribution is 7.80. The molecule has 0 rings (SSSR count). The van der Waals surface area contributed by atoms with E-state index in [1.807, 2.05) is 6.92 Å². The van der Waals surface area contributed by atoms with Crippen LogP contribution in [-0.2, 0) is 4.74 Å². The Labute approximate surface area is 63.2 Å². The molecule has 0 spiro atoms. The summed E-state index contributed by atoms with van der Waals surface area (Å²) in [5, 5.41) is 0. The zero-order valence-corrected chi connectivity index (χ0v) is 7.20. The van der Waals surface area contributed by atoms with Crippen LogP contribution in [0.2, 0.25) is 0 Å². The van der Waals surface area contributed by atoms with Gasteiger partial charge in [0.2, 0.25) is 0 Å². The molecule has 9 heavy (non-hydrogen) atoms. The van der Waals surface area contributed by atoms with Gasteiger partial charge in [0.1, 0.15) is 5.44 Å². The van der Waals surface area contributed by atoms with Crippen LogP contribution in [-0.4, -0.2) is 12.0 Å².